The van der Waals surface area contributed by atoms with E-state index in [0.29, 0.717) is 12.2 Å². The van der Waals surface area contributed by atoms with E-state index in [1.54, 1.807) is 18.2 Å². The Hall–Kier alpha value is -1.97. The molecule has 1 rings (SSSR count). The number of hydrogen-bond donors (Lipinski definition) is 1. The maximum absolute atomic E-state index is 9.83. The Morgan fingerprint density at radius 1 is 1.43 bits per heavy atom. The summed E-state index contributed by atoms with van der Waals surface area (Å²) >= 11 is 0. The van der Waals surface area contributed by atoms with Gasteiger partial charge in [-0.05, 0) is 23.8 Å². The average Bonchev–Trinajstić information content (AvgIpc) is 2.21. The third kappa shape index (κ3) is 2.52. The molecular formula is C10H10O4. The van der Waals surface area contributed by atoms with E-state index in [1.165, 1.54) is 19.4 Å². The van der Waals surface area contributed by atoms with Gasteiger partial charge in [0.25, 0.3) is 6.47 Å². The van der Waals surface area contributed by atoms with Gasteiger partial charge in [0, 0.05) is 0 Å². The molecule has 0 bridgehead atoms. The van der Waals surface area contributed by atoms with Gasteiger partial charge in [-0.2, -0.15) is 0 Å². The molecule has 0 atom stereocenters. The van der Waals surface area contributed by atoms with E-state index in [2.05, 4.69) is 4.74 Å². The van der Waals surface area contributed by atoms with Crippen molar-refractivity contribution in [3.05, 3.63) is 30.0 Å². The SMILES string of the molecule is COc1cc(C=COC=O)ccc1O. The molecule has 0 radical (unpaired) electrons. The highest BCUT2D eigenvalue weighted by molar-refractivity contribution is 5.55. The number of carbonyl (C=O) groups excluding carboxylic acids is 1. The van der Waals surface area contributed by atoms with Crippen molar-refractivity contribution in [3.63, 3.8) is 0 Å². The molecule has 0 saturated heterocycles. The topological polar surface area (TPSA) is 55.8 Å². The zero-order valence-corrected chi connectivity index (χ0v) is 7.64. The van der Waals surface area contributed by atoms with Crippen LogP contribution in [0.3, 0.4) is 0 Å². The van der Waals surface area contributed by atoms with Gasteiger partial charge in [-0.15, -0.1) is 0 Å². The fraction of sp³-hybridized carbons (Fsp3) is 0.100. The molecule has 1 aromatic rings. The summed E-state index contributed by atoms with van der Waals surface area (Å²) in [7, 11) is 1.46. The van der Waals surface area contributed by atoms with E-state index in [1.807, 2.05) is 0 Å². The number of ether oxygens (including phenoxy) is 2. The van der Waals surface area contributed by atoms with Crippen molar-refractivity contribution in [3.8, 4) is 11.5 Å². The predicted molar refractivity (Wildman–Crippen MR) is 50.8 cm³/mol. The highest BCUT2D eigenvalue weighted by Gasteiger charge is 1.99. The van der Waals surface area contributed by atoms with Gasteiger partial charge in [0.2, 0.25) is 0 Å². The Balaban J connectivity index is 2.83. The van der Waals surface area contributed by atoms with E-state index < -0.39 is 0 Å². The summed E-state index contributed by atoms with van der Waals surface area (Å²) in [6.45, 7) is 0.328. The Labute approximate surface area is 81.4 Å². The summed E-state index contributed by atoms with van der Waals surface area (Å²) in [5, 5.41) is 9.27. The number of carbonyl (C=O) groups is 1. The lowest BCUT2D eigenvalue weighted by Gasteiger charge is -2.03. The lowest BCUT2D eigenvalue weighted by atomic mass is 10.2. The first-order valence-electron chi connectivity index (χ1n) is 3.90. The molecule has 0 aromatic heterocycles. The fourth-order valence-electron chi connectivity index (χ4n) is 0.948. The van der Waals surface area contributed by atoms with Crippen molar-refractivity contribution in [2.45, 2.75) is 0 Å². The molecule has 0 fully saturated rings. The number of methoxy groups -OCH3 is 1. The smallest absolute Gasteiger partial charge is 0.297 e. The molecular weight excluding hydrogens is 184 g/mol. The zero-order valence-electron chi connectivity index (χ0n) is 7.64. The predicted octanol–water partition coefficient (Wildman–Crippen LogP) is 1.54. The normalized spacial score (nSPS) is 10.1. The second-order valence-electron chi connectivity index (χ2n) is 2.47. The summed E-state index contributed by atoms with van der Waals surface area (Å²) in [6.07, 6.45) is 2.83. The molecule has 0 spiro atoms. The number of phenolic OH excluding ortho intramolecular Hbond substituents is 1. The quantitative estimate of drug-likeness (QED) is 0.583. The van der Waals surface area contributed by atoms with Crippen LogP contribution < -0.4 is 4.74 Å². The van der Waals surface area contributed by atoms with Gasteiger partial charge in [-0.25, -0.2) is 0 Å². The Morgan fingerprint density at radius 2 is 2.21 bits per heavy atom. The Morgan fingerprint density at radius 3 is 2.86 bits per heavy atom. The van der Waals surface area contributed by atoms with Gasteiger partial charge >= 0.3 is 0 Å². The maximum atomic E-state index is 9.83. The second kappa shape index (κ2) is 4.91. The monoisotopic (exact) mass is 194 g/mol. The second-order valence-corrected chi connectivity index (χ2v) is 2.47. The molecule has 1 N–H and O–H groups in total. The molecule has 0 aliphatic rings. The van der Waals surface area contributed by atoms with Crippen molar-refractivity contribution in [1.82, 2.24) is 0 Å². The minimum atomic E-state index is 0.0703. The number of aromatic hydroxyl groups is 1. The van der Waals surface area contributed by atoms with Crippen LogP contribution >= 0.6 is 0 Å². The largest absolute Gasteiger partial charge is 0.504 e. The van der Waals surface area contributed by atoms with Gasteiger partial charge in [0.05, 0.1) is 13.4 Å². The third-order valence-electron chi connectivity index (χ3n) is 1.60. The number of benzene rings is 1. The Bertz CT molecular complexity index is 344. The van der Waals surface area contributed by atoms with E-state index in [0.717, 1.165) is 5.56 Å². The minimum absolute atomic E-state index is 0.0703. The third-order valence-corrected chi connectivity index (χ3v) is 1.60. The van der Waals surface area contributed by atoms with Crippen LogP contribution in [-0.4, -0.2) is 18.7 Å². The van der Waals surface area contributed by atoms with Crippen LogP contribution in [0.5, 0.6) is 11.5 Å². The van der Waals surface area contributed by atoms with Crippen LogP contribution in [0.15, 0.2) is 24.5 Å². The summed E-state index contributed by atoms with van der Waals surface area (Å²) < 4.78 is 9.27. The summed E-state index contributed by atoms with van der Waals surface area (Å²) in [5.74, 6) is 0.444. The van der Waals surface area contributed by atoms with Gasteiger partial charge in [-0.1, -0.05) is 6.07 Å². The van der Waals surface area contributed by atoms with E-state index in [9.17, 15) is 9.90 Å². The molecule has 0 aliphatic carbocycles. The van der Waals surface area contributed by atoms with Gasteiger partial charge < -0.3 is 14.6 Å². The van der Waals surface area contributed by atoms with Crippen molar-refractivity contribution in [1.29, 1.82) is 0 Å². The van der Waals surface area contributed by atoms with Crippen molar-refractivity contribution in [2.24, 2.45) is 0 Å². The van der Waals surface area contributed by atoms with Crippen LogP contribution in [0.2, 0.25) is 0 Å². The van der Waals surface area contributed by atoms with Gasteiger partial charge in [0.15, 0.2) is 11.5 Å². The van der Waals surface area contributed by atoms with E-state index in [4.69, 9.17) is 4.74 Å². The average molecular weight is 194 g/mol. The van der Waals surface area contributed by atoms with Crippen LogP contribution in [-0.2, 0) is 9.53 Å². The number of rotatable bonds is 4. The van der Waals surface area contributed by atoms with Crippen LogP contribution in [0, 0.1) is 0 Å². The van der Waals surface area contributed by atoms with Gasteiger partial charge in [-0.3, -0.25) is 4.79 Å². The van der Waals surface area contributed by atoms with E-state index in [-0.39, 0.29) is 5.75 Å². The molecule has 74 valence electrons. The molecule has 0 aliphatic heterocycles. The van der Waals surface area contributed by atoms with Gasteiger partial charge in [0.1, 0.15) is 0 Å². The minimum Gasteiger partial charge on any atom is -0.504 e. The number of hydrogen-bond acceptors (Lipinski definition) is 4. The highest BCUT2D eigenvalue weighted by atomic mass is 16.5. The highest BCUT2D eigenvalue weighted by Crippen LogP contribution is 2.26. The molecule has 0 heterocycles. The first kappa shape index (κ1) is 10.1. The lowest BCUT2D eigenvalue weighted by molar-refractivity contribution is -0.123. The van der Waals surface area contributed by atoms with Crippen molar-refractivity contribution < 1.29 is 19.4 Å². The maximum Gasteiger partial charge on any atom is 0.297 e. The Kier molecular flexibility index (Phi) is 3.55. The molecule has 14 heavy (non-hydrogen) atoms. The molecule has 0 unspecified atom stereocenters. The zero-order chi connectivity index (χ0) is 10.4. The molecule has 4 heteroatoms. The van der Waals surface area contributed by atoms with Crippen molar-refractivity contribution in [2.75, 3.05) is 7.11 Å². The summed E-state index contributed by atoms with van der Waals surface area (Å²) in [6, 6.07) is 4.79. The first-order valence-corrected chi connectivity index (χ1v) is 3.90. The number of phenols is 1. The van der Waals surface area contributed by atoms with Crippen LogP contribution in [0.4, 0.5) is 0 Å². The molecule has 1 aromatic carbocycles. The lowest BCUT2D eigenvalue weighted by Crippen LogP contribution is -1.84. The standard InChI is InChI=1S/C10H10O4/c1-13-10-6-8(2-3-9(10)12)4-5-14-7-11/h2-7,12H,1H3. The molecule has 0 amide bonds. The van der Waals surface area contributed by atoms with E-state index >= 15 is 0 Å². The van der Waals surface area contributed by atoms with Crippen LogP contribution in [0.1, 0.15) is 5.56 Å². The first-order chi connectivity index (χ1) is 6.77. The van der Waals surface area contributed by atoms with Crippen LogP contribution in [0.25, 0.3) is 6.08 Å². The summed E-state index contributed by atoms with van der Waals surface area (Å²) in [4.78, 5) is 9.83. The van der Waals surface area contributed by atoms with Crippen molar-refractivity contribution >= 4 is 12.5 Å². The fourth-order valence-corrected chi connectivity index (χ4v) is 0.948. The summed E-state index contributed by atoms with van der Waals surface area (Å²) in [5.41, 5.74) is 0.765. The molecule has 4 nitrogen and oxygen atoms in total. The molecule has 0 saturated carbocycles.